The average Bonchev–Trinajstić information content (AvgIpc) is 2.39. The summed E-state index contributed by atoms with van der Waals surface area (Å²) < 4.78 is 5.02. The van der Waals surface area contributed by atoms with E-state index in [1.807, 2.05) is 0 Å². The van der Waals surface area contributed by atoms with E-state index in [4.69, 9.17) is 9.84 Å². The predicted molar refractivity (Wildman–Crippen MR) is 72.0 cm³/mol. The van der Waals surface area contributed by atoms with E-state index in [1.165, 1.54) is 7.11 Å². The summed E-state index contributed by atoms with van der Waals surface area (Å²) in [6.07, 6.45) is -0.302. The summed E-state index contributed by atoms with van der Waals surface area (Å²) in [7, 11) is 1.44. The summed E-state index contributed by atoms with van der Waals surface area (Å²) in [5.74, 6) is -0.993. The number of anilines is 2. The maximum atomic E-state index is 11.2. The molecule has 1 atom stereocenters. The molecule has 1 amide bonds. The molecule has 0 aliphatic heterocycles. The number of nitrogens with one attached hydrogen (secondary N) is 2. The average molecular weight is 266 g/mol. The molecule has 1 aromatic carbocycles. The highest BCUT2D eigenvalue weighted by Gasteiger charge is 2.11. The Morgan fingerprint density at radius 3 is 2.32 bits per heavy atom. The highest BCUT2D eigenvalue weighted by atomic mass is 16.5. The maximum Gasteiger partial charge on any atom is 0.307 e. The van der Waals surface area contributed by atoms with E-state index in [2.05, 4.69) is 10.6 Å². The monoisotopic (exact) mass is 266 g/mol. The normalized spacial score (nSPS) is 11.7. The highest BCUT2D eigenvalue weighted by Crippen LogP contribution is 2.15. The van der Waals surface area contributed by atoms with Crippen LogP contribution in [0, 0.1) is 0 Å². The molecule has 0 fully saturated rings. The van der Waals surface area contributed by atoms with E-state index in [-0.39, 0.29) is 12.3 Å². The third-order valence-corrected chi connectivity index (χ3v) is 2.46. The van der Waals surface area contributed by atoms with Gasteiger partial charge in [-0.1, -0.05) is 6.92 Å². The van der Waals surface area contributed by atoms with Crippen molar-refractivity contribution >= 4 is 23.3 Å². The van der Waals surface area contributed by atoms with Crippen LogP contribution in [0.1, 0.15) is 19.8 Å². The molecule has 6 heteroatoms. The van der Waals surface area contributed by atoms with Gasteiger partial charge in [0, 0.05) is 24.9 Å². The Hall–Kier alpha value is -2.08. The minimum Gasteiger partial charge on any atom is -0.481 e. The van der Waals surface area contributed by atoms with E-state index >= 15 is 0 Å². The lowest BCUT2D eigenvalue weighted by molar-refractivity contribution is -0.139. The molecule has 6 nitrogen and oxygen atoms in total. The molecule has 1 rings (SSSR count). The fourth-order valence-electron chi connectivity index (χ4n) is 1.44. The lowest BCUT2D eigenvalue weighted by Gasteiger charge is -2.16. The van der Waals surface area contributed by atoms with E-state index in [0.717, 1.165) is 5.69 Å². The number of ether oxygens (including phenoxy) is 1. The number of rotatable bonds is 7. The number of carbonyl (C=O) groups is 2. The quantitative estimate of drug-likeness (QED) is 0.656. The number of amides is 1. The second-order valence-corrected chi connectivity index (χ2v) is 3.95. The van der Waals surface area contributed by atoms with Gasteiger partial charge in [-0.2, -0.15) is 0 Å². The van der Waals surface area contributed by atoms with Crippen LogP contribution in [-0.2, 0) is 14.3 Å². The summed E-state index contributed by atoms with van der Waals surface area (Å²) in [5, 5.41) is 14.4. The smallest absolute Gasteiger partial charge is 0.307 e. The zero-order chi connectivity index (χ0) is 14.3. The standard InChI is InChI=1S/C13H18N2O4/c1-3-11(16)14-9-4-6-10(7-5-9)15-12(19-2)8-13(17)18/h4-7,12,15H,3,8H2,1-2H3,(H,14,16)(H,17,18). The van der Waals surface area contributed by atoms with Gasteiger partial charge in [-0.3, -0.25) is 9.59 Å². The summed E-state index contributed by atoms with van der Waals surface area (Å²) in [5.41, 5.74) is 1.42. The van der Waals surface area contributed by atoms with Gasteiger partial charge in [-0.05, 0) is 24.3 Å². The lowest BCUT2D eigenvalue weighted by Crippen LogP contribution is -2.24. The molecule has 0 saturated heterocycles. The fourth-order valence-corrected chi connectivity index (χ4v) is 1.44. The number of carbonyl (C=O) groups excluding carboxylic acids is 1. The van der Waals surface area contributed by atoms with Crippen LogP contribution in [0.2, 0.25) is 0 Å². The van der Waals surface area contributed by atoms with Crippen LogP contribution >= 0.6 is 0 Å². The minimum atomic E-state index is -0.939. The zero-order valence-corrected chi connectivity index (χ0v) is 11.0. The molecular weight excluding hydrogens is 248 g/mol. The van der Waals surface area contributed by atoms with Gasteiger partial charge in [0.2, 0.25) is 5.91 Å². The third-order valence-electron chi connectivity index (χ3n) is 2.46. The Bertz CT molecular complexity index is 431. The molecular formula is C13H18N2O4. The van der Waals surface area contributed by atoms with Crippen LogP contribution in [0.15, 0.2) is 24.3 Å². The Labute approximate surface area is 111 Å². The second-order valence-electron chi connectivity index (χ2n) is 3.95. The topological polar surface area (TPSA) is 87.7 Å². The minimum absolute atomic E-state index is 0.0543. The lowest BCUT2D eigenvalue weighted by atomic mass is 10.2. The Morgan fingerprint density at radius 2 is 1.84 bits per heavy atom. The second kappa shape index (κ2) is 7.38. The number of hydrogen-bond acceptors (Lipinski definition) is 4. The maximum absolute atomic E-state index is 11.2. The van der Waals surface area contributed by atoms with E-state index in [1.54, 1.807) is 31.2 Å². The summed E-state index contributed by atoms with van der Waals surface area (Å²) in [4.78, 5) is 21.8. The van der Waals surface area contributed by atoms with Crippen LogP contribution in [-0.4, -0.2) is 30.3 Å². The number of carboxylic acid groups (broad SMARTS) is 1. The van der Waals surface area contributed by atoms with Crippen LogP contribution in [0.5, 0.6) is 0 Å². The van der Waals surface area contributed by atoms with E-state index in [0.29, 0.717) is 12.1 Å². The molecule has 1 unspecified atom stereocenters. The molecule has 3 N–H and O–H groups in total. The molecule has 0 radical (unpaired) electrons. The van der Waals surface area contributed by atoms with Crippen molar-refractivity contribution in [1.29, 1.82) is 0 Å². The number of hydrogen-bond donors (Lipinski definition) is 3. The SMILES string of the molecule is CCC(=O)Nc1ccc(NC(CC(=O)O)OC)cc1. The summed E-state index contributed by atoms with van der Waals surface area (Å²) >= 11 is 0. The first kappa shape index (κ1) is 15.0. The van der Waals surface area contributed by atoms with Gasteiger partial charge >= 0.3 is 5.97 Å². The van der Waals surface area contributed by atoms with Crippen molar-refractivity contribution in [1.82, 2.24) is 0 Å². The molecule has 104 valence electrons. The zero-order valence-electron chi connectivity index (χ0n) is 11.0. The molecule has 0 heterocycles. The fraction of sp³-hybridized carbons (Fsp3) is 0.385. The number of methoxy groups -OCH3 is 1. The first-order valence-corrected chi connectivity index (χ1v) is 5.96. The van der Waals surface area contributed by atoms with Crippen molar-refractivity contribution in [2.75, 3.05) is 17.7 Å². The number of benzene rings is 1. The third kappa shape index (κ3) is 5.39. The summed E-state index contributed by atoms with van der Waals surface area (Å²) in [6, 6.07) is 6.98. The number of carboxylic acids is 1. The molecule has 0 aromatic heterocycles. The largest absolute Gasteiger partial charge is 0.481 e. The van der Waals surface area contributed by atoms with Gasteiger partial charge in [0.1, 0.15) is 6.23 Å². The van der Waals surface area contributed by atoms with Crippen molar-refractivity contribution in [3.05, 3.63) is 24.3 Å². The first-order chi connectivity index (χ1) is 9.05. The van der Waals surface area contributed by atoms with Crippen molar-refractivity contribution in [3.8, 4) is 0 Å². The Balaban J connectivity index is 2.60. The Kier molecular flexibility index (Phi) is 5.81. The Morgan fingerprint density at radius 1 is 1.26 bits per heavy atom. The number of aliphatic carboxylic acids is 1. The highest BCUT2D eigenvalue weighted by molar-refractivity contribution is 5.90. The van der Waals surface area contributed by atoms with Crippen LogP contribution < -0.4 is 10.6 Å². The van der Waals surface area contributed by atoms with Crippen molar-refractivity contribution in [2.45, 2.75) is 26.0 Å². The molecule has 0 saturated carbocycles. The van der Waals surface area contributed by atoms with E-state index < -0.39 is 12.2 Å². The van der Waals surface area contributed by atoms with Gasteiger partial charge in [-0.15, -0.1) is 0 Å². The van der Waals surface area contributed by atoms with Crippen molar-refractivity contribution in [3.63, 3.8) is 0 Å². The van der Waals surface area contributed by atoms with Crippen LogP contribution in [0.3, 0.4) is 0 Å². The van der Waals surface area contributed by atoms with Crippen LogP contribution in [0.25, 0.3) is 0 Å². The predicted octanol–water partition coefficient (Wildman–Crippen LogP) is 1.89. The van der Waals surface area contributed by atoms with Crippen molar-refractivity contribution < 1.29 is 19.4 Å². The molecule has 0 bridgehead atoms. The van der Waals surface area contributed by atoms with Gasteiger partial charge < -0.3 is 20.5 Å². The van der Waals surface area contributed by atoms with Gasteiger partial charge in [0.05, 0.1) is 6.42 Å². The molecule has 0 spiro atoms. The van der Waals surface area contributed by atoms with Gasteiger partial charge in [0.15, 0.2) is 0 Å². The van der Waals surface area contributed by atoms with E-state index in [9.17, 15) is 9.59 Å². The van der Waals surface area contributed by atoms with Gasteiger partial charge in [-0.25, -0.2) is 0 Å². The van der Waals surface area contributed by atoms with Crippen LogP contribution in [0.4, 0.5) is 11.4 Å². The molecule has 0 aliphatic carbocycles. The van der Waals surface area contributed by atoms with Crippen molar-refractivity contribution in [2.24, 2.45) is 0 Å². The summed E-state index contributed by atoms with van der Waals surface area (Å²) in [6.45, 7) is 1.78. The van der Waals surface area contributed by atoms with Gasteiger partial charge in [0.25, 0.3) is 0 Å². The molecule has 0 aliphatic rings. The first-order valence-electron chi connectivity index (χ1n) is 5.96. The molecule has 1 aromatic rings. The molecule has 19 heavy (non-hydrogen) atoms.